The molecule has 0 spiro atoms. The van der Waals surface area contributed by atoms with E-state index in [-0.39, 0.29) is 10.7 Å². The average Bonchev–Trinajstić information content (AvgIpc) is 2.79. The summed E-state index contributed by atoms with van der Waals surface area (Å²) in [5.41, 5.74) is -0.943. The van der Waals surface area contributed by atoms with Gasteiger partial charge in [0.15, 0.2) is 23.3 Å². The van der Waals surface area contributed by atoms with Crippen molar-refractivity contribution in [2.45, 2.75) is 6.04 Å². The van der Waals surface area contributed by atoms with Crippen molar-refractivity contribution in [3.8, 4) is 0 Å². The molecule has 0 radical (unpaired) electrons. The number of halogens is 6. The average molecular weight is 326 g/mol. The summed E-state index contributed by atoms with van der Waals surface area (Å²) < 4.78 is 68.6. The zero-order chi connectivity index (χ0) is 15.9. The normalized spacial score (nSPS) is 12.8. The summed E-state index contributed by atoms with van der Waals surface area (Å²) >= 11 is 5.85. The van der Waals surface area contributed by atoms with Gasteiger partial charge in [0.05, 0.1) is 28.5 Å². The second kappa shape index (κ2) is 5.61. The lowest BCUT2D eigenvalue weighted by Gasteiger charge is -2.19. The van der Waals surface area contributed by atoms with Crippen LogP contribution in [0.5, 0.6) is 0 Å². The van der Waals surface area contributed by atoms with Crippen molar-refractivity contribution in [2.75, 3.05) is 7.05 Å². The molecule has 9 heteroatoms. The first kappa shape index (κ1) is 15.7. The van der Waals surface area contributed by atoms with Crippen molar-refractivity contribution < 1.29 is 22.0 Å². The highest BCUT2D eigenvalue weighted by Crippen LogP contribution is 2.33. The van der Waals surface area contributed by atoms with Crippen LogP contribution in [0.2, 0.25) is 5.02 Å². The molecule has 1 atom stereocenters. The van der Waals surface area contributed by atoms with Crippen molar-refractivity contribution in [3.05, 3.63) is 51.6 Å². The molecule has 1 aromatic carbocycles. The molecule has 2 rings (SSSR count). The molecule has 114 valence electrons. The van der Waals surface area contributed by atoms with Crippen molar-refractivity contribution in [3.63, 3.8) is 0 Å². The lowest BCUT2D eigenvalue weighted by atomic mass is 10.0. The lowest BCUT2D eigenvalue weighted by Crippen LogP contribution is -2.25. The monoisotopic (exact) mass is 325 g/mol. The van der Waals surface area contributed by atoms with Crippen molar-refractivity contribution in [1.82, 2.24) is 15.1 Å². The minimum Gasteiger partial charge on any atom is -0.308 e. The molecule has 1 aromatic heterocycles. The van der Waals surface area contributed by atoms with Gasteiger partial charge in [-0.1, -0.05) is 11.6 Å². The van der Waals surface area contributed by atoms with E-state index in [1.807, 2.05) is 0 Å². The molecule has 1 unspecified atom stereocenters. The fourth-order valence-corrected chi connectivity index (χ4v) is 2.31. The van der Waals surface area contributed by atoms with E-state index < -0.39 is 40.7 Å². The van der Waals surface area contributed by atoms with Crippen LogP contribution in [0.25, 0.3) is 0 Å². The van der Waals surface area contributed by atoms with Crippen molar-refractivity contribution >= 4 is 11.6 Å². The molecule has 0 aliphatic rings. The Bertz CT molecular complexity index is 652. The summed E-state index contributed by atoms with van der Waals surface area (Å²) in [6.45, 7) is 0. The molecule has 0 aliphatic carbocycles. The Hall–Kier alpha value is -1.67. The minimum atomic E-state index is -2.21. The summed E-state index contributed by atoms with van der Waals surface area (Å²) in [4.78, 5) is 0. The topological polar surface area (TPSA) is 29.9 Å². The van der Waals surface area contributed by atoms with Gasteiger partial charge in [0, 0.05) is 7.05 Å². The highest BCUT2D eigenvalue weighted by atomic mass is 35.5. The van der Waals surface area contributed by atoms with E-state index in [2.05, 4.69) is 10.4 Å². The Kier molecular flexibility index (Phi) is 4.20. The van der Waals surface area contributed by atoms with Crippen LogP contribution in [0.4, 0.5) is 22.0 Å². The second-order valence-electron chi connectivity index (χ2n) is 4.21. The Morgan fingerprint density at radius 1 is 1.05 bits per heavy atom. The summed E-state index contributed by atoms with van der Waals surface area (Å²) in [6.07, 6.45) is 1.20. The molecule has 0 saturated heterocycles. The first-order valence-electron chi connectivity index (χ1n) is 5.67. The Morgan fingerprint density at radius 2 is 1.52 bits per heavy atom. The van der Waals surface area contributed by atoms with Crippen LogP contribution in [0.15, 0.2) is 6.20 Å². The van der Waals surface area contributed by atoms with Crippen molar-refractivity contribution in [1.29, 1.82) is 0 Å². The van der Waals surface area contributed by atoms with Gasteiger partial charge < -0.3 is 5.32 Å². The third-order valence-electron chi connectivity index (χ3n) is 3.03. The van der Waals surface area contributed by atoms with Crippen molar-refractivity contribution in [2.24, 2.45) is 7.05 Å². The van der Waals surface area contributed by atoms with Gasteiger partial charge >= 0.3 is 0 Å². The van der Waals surface area contributed by atoms with Gasteiger partial charge in [-0.3, -0.25) is 4.68 Å². The lowest BCUT2D eigenvalue weighted by molar-refractivity contribution is 0.362. The van der Waals surface area contributed by atoms with Gasteiger partial charge in [-0.25, -0.2) is 22.0 Å². The first-order valence-corrected chi connectivity index (χ1v) is 6.05. The van der Waals surface area contributed by atoms with E-state index in [0.29, 0.717) is 0 Å². The van der Waals surface area contributed by atoms with Crippen LogP contribution >= 0.6 is 11.6 Å². The van der Waals surface area contributed by atoms with Crippen LogP contribution in [-0.2, 0) is 7.05 Å². The van der Waals surface area contributed by atoms with Crippen LogP contribution in [0, 0.1) is 29.1 Å². The minimum absolute atomic E-state index is 0.0285. The summed E-state index contributed by atoms with van der Waals surface area (Å²) in [5, 5.41) is 6.28. The predicted octanol–water partition coefficient (Wildman–Crippen LogP) is 3.08. The van der Waals surface area contributed by atoms with Crippen LogP contribution in [0.1, 0.15) is 17.3 Å². The SMILES string of the molecule is CNC(c1c(F)c(F)c(F)c(F)c1F)c1c(Cl)cnn1C. The second-order valence-corrected chi connectivity index (χ2v) is 4.61. The zero-order valence-corrected chi connectivity index (χ0v) is 11.6. The molecule has 21 heavy (non-hydrogen) atoms. The van der Waals surface area contributed by atoms with Gasteiger partial charge in [0.2, 0.25) is 5.82 Å². The first-order chi connectivity index (χ1) is 9.81. The number of aryl methyl sites for hydroxylation is 1. The van der Waals surface area contributed by atoms with Gasteiger partial charge in [0.25, 0.3) is 0 Å². The third kappa shape index (κ3) is 2.38. The third-order valence-corrected chi connectivity index (χ3v) is 3.32. The summed E-state index contributed by atoms with van der Waals surface area (Å²) in [7, 11) is 2.73. The maximum atomic E-state index is 13.9. The smallest absolute Gasteiger partial charge is 0.200 e. The van der Waals surface area contributed by atoms with E-state index in [4.69, 9.17) is 11.6 Å². The van der Waals surface area contributed by atoms with E-state index in [9.17, 15) is 22.0 Å². The Balaban J connectivity index is 2.75. The van der Waals surface area contributed by atoms with Crippen LogP contribution in [0.3, 0.4) is 0 Å². The number of hydrogen-bond donors (Lipinski definition) is 1. The van der Waals surface area contributed by atoms with Crippen LogP contribution < -0.4 is 5.32 Å². The highest BCUT2D eigenvalue weighted by Gasteiger charge is 2.32. The molecule has 0 bridgehead atoms. The van der Waals surface area contributed by atoms with Gasteiger partial charge in [0.1, 0.15) is 0 Å². The van der Waals surface area contributed by atoms with E-state index in [1.165, 1.54) is 25.0 Å². The number of aromatic nitrogens is 2. The van der Waals surface area contributed by atoms with E-state index in [1.54, 1.807) is 0 Å². The zero-order valence-electron chi connectivity index (χ0n) is 10.8. The Labute approximate surface area is 121 Å². The van der Waals surface area contributed by atoms with Gasteiger partial charge in [-0.05, 0) is 7.05 Å². The maximum absolute atomic E-state index is 13.9. The largest absolute Gasteiger partial charge is 0.308 e. The fraction of sp³-hybridized carbons (Fsp3) is 0.250. The molecule has 1 heterocycles. The molecule has 1 N–H and O–H groups in total. The molecule has 3 nitrogen and oxygen atoms in total. The maximum Gasteiger partial charge on any atom is 0.200 e. The standard InChI is InChI=1S/C12H9ClF5N3/c1-19-11(12-4(13)3-20-21(12)2)5-6(14)8(16)10(18)9(17)7(5)15/h3,11,19H,1-2H3. The number of benzene rings is 1. The van der Waals surface area contributed by atoms with E-state index in [0.717, 1.165) is 0 Å². The molecular weight excluding hydrogens is 317 g/mol. The predicted molar refractivity (Wildman–Crippen MR) is 65.4 cm³/mol. The van der Waals surface area contributed by atoms with Crippen LogP contribution in [-0.4, -0.2) is 16.8 Å². The number of hydrogen-bond acceptors (Lipinski definition) is 2. The summed E-state index contributed by atoms with van der Waals surface area (Å²) in [5.74, 6) is -10.1. The molecule has 0 saturated carbocycles. The number of rotatable bonds is 3. The highest BCUT2D eigenvalue weighted by molar-refractivity contribution is 6.31. The molecule has 0 amide bonds. The Morgan fingerprint density at radius 3 is 1.90 bits per heavy atom. The summed E-state index contributed by atoms with van der Waals surface area (Å²) in [6, 6.07) is -1.35. The molecule has 0 aliphatic heterocycles. The molecule has 0 fully saturated rings. The van der Waals surface area contributed by atoms with E-state index >= 15 is 0 Å². The number of nitrogens with one attached hydrogen (secondary N) is 1. The van der Waals surface area contributed by atoms with Gasteiger partial charge in [-0.15, -0.1) is 0 Å². The van der Waals surface area contributed by atoms with Gasteiger partial charge in [-0.2, -0.15) is 5.10 Å². The molecule has 2 aromatic rings. The molecular formula is C12H9ClF5N3. The quantitative estimate of drug-likeness (QED) is 0.534. The number of nitrogens with zero attached hydrogens (tertiary/aromatic N) is 2. The fourth-order valence-electron chi connectivity index (χ4n) is 2.04.